The molecule has 1 aromatic rings. The average Bonchev–Trinajstić information content (AvgIpc) is 2.44. The van der Waals surface area contributed by atoms with Gasteiger partial charge < -0.3 is 5.73 Å². The first-order valence-electron chi connectivity index (χ1n) is 7.36. The van der Waals surface area contributed by atoms with Crippen molar-refractivity contribution in [1.82, 2.24) is 4.72 Å². The number of anilines is 1. The zero-order chi connectivity index (χ0) is 17.7. The van der Waals surface area contributed by atoms with Crippen molar-refractivity contribution in [2.75, 3.05) is 17.0 Å². The molecule has 0 saturated carbocycles. The minimum atomic E-state index is -3.71. The number of nitrogens with two attached hydrogens (primary N) is 1. The van der Waals surface area contributed by atoms with Crippen LogP contribution in [0.25, 0.3) is 0 Å². The molecule has 0 heterocycles. The number of benzene rings is 1. The Morgan fingerprint density at radius 2 is 1.62 bits per heavy atom. The fraction of sp³-hybridized carbons (Fsp3) is 0.571. The summed E-state index contributed by atoms with van der Waals surface area (Å²) >= 11 is 0. The van der Waals surface area contributed by atoms with Crippen molar-refractivity contribution in [3.05, 3.63) is 24.3 Å². The summed E-state index contributed by atoms with van der Waals surface area (Å²) in [4.78, 5) is 0.0514. The van der Waals surface area contributed by atoms with E-state index in [0.717, 1.165) is 6.42 Å². The van der Waals surface area contributed by atoms with E-state index in [4.69, 9.17) is 5.73 Å². The molecule has 0 spiro atoms. The number of sulfonamides is 2. The Morgan fingerprint density at radius 3 is 2.08 bits per heavy atom. The predicted molar refractivity (Wildman–Crippen MR) is 99.5 cm³/mol. The second-order valence-electron chi connectivity index (χ2n) is 5.99. The van der Waals surface area contributed by atoms with Gasteiger partial charge in [-0.1, -0.05) is 13.3 Å². The van der Waals surface area contributed by atoms with Gasteiger partial charge in [0.25, 0.3) is 0 Å². The van der Waals surface area contributed by atoms with Gasteiger partial charge in [-0.15, -0.1) is 12.4 Å². The van der Waals surface area contributed by atoms with Crippen LogP contribution in [0.3, 0.4) is 0 Å². The second-order valence-corrected chi connectivity index (χ2v) is 9.52. The third-order valence-corrected chi connectivity index (χ3v) is 6.21. The topological polar surface area (TPSA) is 118 Å². The standard InChI is InChI=1S/C14H25N3O4S2.ClH/c1-4-5-10-22(18,19)16-12-6-8-13(9-7-12)23(20,21)17-14(2,3)11-15;/h6-9,16-17H,4-5,10-11,15H2,1-3H3;1H. The van der Waals surface area contributed by atoms with Gasteiger partial charge in [-0.25, -0.2) is 21.6 Å². The third kappa shape index (κ3) is 7.35. The summed E-state index contributed by atoms with van der Waals surface area (Å²) in [6, 6.07) is 5.56. The Kier molecular flexibility index (Phi) is 8.68. The van der Waals surface area contributed by atoms with Crippen molar-refractivity contribution in [1.29, 1.82) is 0 Å². The maximum Gasteiger partial charge on any atom is 0.241 e. The summed E-state index contributed by atoms with van der Waals surface area (Å²) < 4.78 is 53.0. The van der Waals surface area contributed by atoms with Crippen LogP contribution in [-0.2, 0) is 20.0 Å². The van der Waals surface area contributed by atoms with Crippen molar-refractivity contribution in [2.45, 2.75) is 44.0 Å². The van der Waals surface area contributed by atoms with Gasteiger partial charge in [0, 0.05) is 17.8 Å². The van der Waals surface area contributed by atoms with Crippen LogP contribution >= 0.6 is 12.4 Å². The number of halogens is 1. The summed E-state index contributed by atoms with van der Waals surface area (Å²) in [5.41, 5.74) is 5.09. The first-order chi connectivity index (χ1) is 10.5. The Labute approximate surface area is 150 Å². The van der Waals surface area contributed by atoms with Crippen LogP contribution < -0.4 is 15.2 Å². The Morgan fingerprint density at radius 1 is 1.08 bits per heavy atom. The molecule has 0 aliphatic heterocycles. The molecule has 0 aliphatic rings. The maximum absolute atomic E-state index is 12.2. The van der Waals surface area contributed by atoms with E-state index in [-0.39, 0.29) is 29.6 Å². The lowest BCUT2D eigenvalue weighted by Gasteiger charge is -2.23. The summed E-state index contributed by atoms with van der Waals surface area (Å²) in [6.45, 7) is 5.42. The van der Waals surface area contributed by atoms with E-state index in [1.807, 2.05) is 6.92 Å². The van der Waals surface area contributed by atoms with Crippen molar-refractivity contribution in [2.24, 2.45) is 5.73 Å². The van der Waals surface area contributed by atoms with Crippen molar-refractivity contribution in [3.8, 4) is 0 Å². The fourth-order valence-corrected chi connectivity index (χ4v) is 4.42. The molecule has 1 rings (SSSR count). The van der Waals surface area contributed by atoms with E-state index in [0.29, 0.717) is 12.1 Å². The van der Waals surface area contributed by atoms with Crippen molar-refractivity contribution in [3.63, 3.8) is 0 Å². The lowest BCUT2D eigenvalue weighted by molar-refractivity contribution is 0.462. The molecular weight excluding hydrogens is 374 g/mol. The van der Waals surface area contributed by atoms with Gasteiger partial charge in [0.1, 0.15) is 0 Å². The molecule has 0 unspecified atom stereocenters. The Hall–Kier alpha value is -0.870. The van der Waals surface area contributed by atoms with Crippen LogP contribution in [0, 0.1) is 0 Å². The van der Waals surface area contributed by atoms with Crippen molar-refractivity contribution < 1.29 is 16.8 Å². The smallest absolute Gasteiger partial charge is 0.241 e. The van der Waals surface area contributed by atoms with Crippen LogP contribution in [0.15, 0.2) is 29.2 Å². The summed E-state index contributed by atoms with van der Waals surface area (Å²) in [5.74, 6) is 0.0375. The summed E-state index contributed by atoms with van der Waals surface area (Å²) in [7, 11) is -7.12. The molecule has 0 aromatic heterocycles. The highest BCUT2D eigenvalue weighted by Crippen LogP contribution is 2.17. The molecular formula is C14H26ClN3O4S2. The highest BCUT2D eigenvalue weighted by Gasteiger charge is 2.24. The zero-order valence-corrected chi connectivity index (χ0v) is 16.5. The van der Waals surface area contributed by atoms with Crippen LogP contribution in [-0.4, -0.2) is 34.7 Å². The predicted octanol–water partition coefficient (Wildman–Crippen LogP) is 1.67. The Balaban J connectivity index is 0.00000529. The van der Waals surface area contributed by atoms with Gasteiger partial charge in [-0.3, -0.25) is 4.72 Å². The van der Waals surface area contributed by atoms with E-state index >= 15 is 0 Å². The minimum absolute atomic E-state index is 0. The highest BCUT2D eigenvalue weighted by molar-refractivity contribution is 7.92. The van der Waals surface area contributed by atoms with Gasteiger partial charge in [-0.05, 0) is 44.5 Å². The molecule has 1 aromatic carbocycles. The van der Waals surface area contributed by atoms with Gasteiger partial charge in [0.2, 0.25) is 20.0 Å². The van der Waals surface area contributed by atoms with E-state index in [2.05, 4.69) is 9.44 Å². The molecule has 10 heteroatoms. The van der Waals surface area contributed by atoms with Crippen LogP contribution in [0.1, 0.15) is 33.6 Å². The molecule has 24 heavy (non-hydrogen) atoms. The van der Waals surface area contributed by atoms with Gasteiger partial charge >= 0.3 is 0 Å². The monoisotopic (exact) mass is 399 g/mol. The molecule has 0 aliphatic carbocycles. The molecule has 0 radical (unpaired) electrons. The summed E-state index contributed by atoms with van der Waals surface area (Å²) in [5, 5.41) is 0. The zero-order valence-electron chi connectivity index (χ0n) is 14.1. The van der Waals surface area contributed by atoms with Crippen LogP contribution in [0.5, 0.6) is 0 Å². The molecule has 0 saturated heterocycles. The fourth-order valence-electron chi connectivity index (χ4n) is 1.73. The molecule has 0 fully saturated rings. The Bertz CT molecular complexity index is 717. The average molecular weight is 400 g/mol. The number of hydrogen-bond donors (Lipinski definition) is 3. The highest BCUT2D eigenvalue weighted by atomic mass is 35.5. The maximum atomic E-state index is 12.2. The van der Waals surface area contributed by atoms with Gasteiger partial charge in [-0.2, -0.15) is 0 Å². The third-order valence-electron chi connectivity index (χ3n) is 3.13. The number of rotatable bonds is 9. The largest absolute Gasteiger partial charge is 0.329 e. The molecule has 0 atom stereocenters. The lowest BCUT2D eigenvalue weighted by atomic mass is 10.1. The number of hydrogen-bond acceptors (Lipinski definition) is 5. The molecule has 7 nitrogen and oxygen atoms in total. The normalized spacial score (nSPS) is 12.5. The summed E-state index contributed by atoms with van der Waals surface area (Å²) in [6.07, 6.45) is 1.35. The number of unbranched alkanes of at least 4 members (excludes halogenated alkanes) is 1. The molecule has 0 bridgehead atoms. The van der Waals surface area contributed by atoms with Crippen molar-refractivity contribution >= 4 is 38.1 Å². The number of nitrogens with one attached hydrogen (secondary N) is 2. The lowest BCUT2D eigenvalue weighted by Crippen LogP contribution is -2.48. The van der Waals surface area contributed by atoms with Gasteiger partial charge in [0.15, 0.2) is 0 Å². The first kappa shape index (κ1) is 23.1. The van der Waals surface area contributed by atoms with E-state index < -0.39 is 25.6 Å². The van der Waals surface area contributed by atoms with Crippen LogP contribution in [0.4, 0.5) is 5.69 Å². The first-order valence-corrected chi connectivity index (χ1v) is 10.5. The van der Waals surface area contributed by atoms with Crippen LogP contribution in [0.2, 0.25) is 0 Å². The quantitative estimate of drug-likeness (QED) is 0.583. The molecule has 140 valence electrons. The van der Waals surface area contributed by atoms with E-state index in [1.54, 1.807) is 13.8 Å². The van der Waals surface area contributed by atoms with E-state index in [1.165, 1.54) is 24.3 Å². The minimum Gasteiger partial charge on any atom is -0.329 e. The SMILES string of the molecule is CCCCS(=O)(=O)Nc1ccc(S(=O)(=O)NC(C)(C)CN)cc1.Cl. The second kappa shape index (κ2) is 9.00. The van der Waals surface area contributed by atoms with Gasteiger partial charge in [0.05, 0.1) is 10.6 Å². The van der Waals surface area contributed by atoms with E-state index in [9.17, 15) is 16.8 Å². The molecule has 0 amide bonds. The molecule has 4 N–H and O–H groups in total.